The summed E-state index contributed by atoms with van der Waals surface area (Å²) in [6.07, 6.45) is 1.76. The fourth-order valence-electron chi connectivity index (χ4n) is 4.90. The summed E-state index contributed by atoms with van der Waals surface area (Å²) in [7, 11) is 0. The summed E-state index contributed by atoms with van der Waals surface area (Å²) in [6, 6.07) is 14.1. The molecular weight excluding hydrogens is 464 g/mol. The van der Waals surface area contributed by atoms with E-state index in [2.05, 4.69) is 35.9 Å². The average Bonchev–Trinajstić information content (AvgIpc) is 3.18. The number of phenols is 1. The van der Waals surface area contributed by atoms with Crippen molar-refractivity contribution in [3.05, 3.63) is 64.7 Å². The number of aromatic hydroxyl groups is 1. The van der Waals surface area contributed by atoms with E-state index in [-0.39, 0.29) is 17.1 Å². The molecule has 1 fully saturated rings. The Hall–Kier alpha value is -2.61. The smallest absolute Gasteiger partial charge is 0.255 e. The van der Waals surface area contributed by atoms with E-state index in [1.165, 1.54) is 6.07 Å². The van der Waals surface area contributed by atoms with E-state index in [4.69, 9.17) is 21.3 Å². The van der Waals surface area contributed by atoms with Crippen molar-refractivity contribution in [3.63, 3.8) is 0 Å². The maximum atomic E-state index is 14.1. The number of hydrogen-bond donors (Lipinski definition) is 2. The molecule has 0 saturated carbocycles. The molecule has 0 spiro atoms. The Morgan fingerprint density at radius 1 is 1.20 bits per heavy atom. The van der Waals surface area contributed by atoms with Crippen LogP contribution in [0.15, 0.2) is 53.5 Å². The van der Waals surface area contributed by atoms with E-state index in [9.17, 15) is 9.90 Å². The van der Waals surface area contributed by atoms with Gasteiger partial charge < -0.3 is 20.1 Å². The van der Waals surface area contributed by atoms with Gasteiger partial charge in [-0.2, -0.15) is 0 Å². The zero-order chi connectivity index (χ0) is 25.1. The lowest BCUT2D eigenvalue weighted by Gasteiger charge is -2.39. The van der Waals surface area contributed by atoms with Crippen LogP contribution in [0.5, 0.6) is 5.75 Å². The van der Waals surface area contributed by atoms with Crippen molar-refractivity contribution in [2.45, 2.75) is 32.4 Å². The Balaban J connectivity index is 1.72. The number of rotatable bonds is 7. The van der Waals surface area contributed by atoms with Gasteiger partial charge >= 0.3 is 0 Å². The molecule has 2 aromatic rings. The molecule has 2 atom stereocenters. The standard InChI is InChI=1S/C27H35ClN4O3/c1-26(2,3)18-32-19-30-27(20-7-5-4-6-8-20,24(32)22-10-9-21(28)17-23(22)33)25(34)29-11-12-31-13-15-35-16-14-31/h4-10,17,19,24,33H,11-16,18H2,1-3H3,(H,29,34)/t24-,27+/m0/s1. The lowest BCUT2D eigenvalue weighted by Crippen LogP contribution is -2.51. The summed E-state index contributed by atoms with van der Waals surface area (Å²) in [5.41, 5.74) is 0.0635. The largest absolute Gasteiger partial charge is 0.508 e. The highest BCUT2D eigenvalue weighted by atomic mass is 35.5. The van der Waals surface area contributed by atoms with Crippen molar-refractivity contribution in [2.75, 3.05) is 45.9 Å². The first-order valence-electron chi connectivity index (χ1n) is 12.1. The van der Waals surface area contributed by atoms with Gasteiger partial charge in [0.05, 0.1) is 25.6 Å². The van der Waals surface area contributed by atoms with Gasteiger partial charge in [0.15, 0.2) is 5.54 Å². The topological polar surface area (TPSA) is 77.4 Å². The third kappa shape index (κ3) is 5.63. The summed E-state index contributed by atoms with van der Waals surface area (Å²) in [5, 5.41) is 14.6. The first kappa shape index (κ1) is 25.5. The molecule has 0 unspecified atom stereocenters. The van der Waals surface area contributed by atoms with Gasteiger partial charge in [-0.3, -0.25) is 14.7 Å². The van der Waals surface area contributed by atoms with Gasteiger partial charge in [-0.15, -0.1) is 0 Å². The van der Waals surface area contributed by atoms with Crippen LogP contribution in [0.2, 0.25) is 5.02 Å². The van der Waals surface area contributed by atoms with Crippen molar-refractivity contribution in [3.8, 4) is 5.75 Å². The number of halogens is 1. The molecule has 2 aromatic carbocycles. The van der Waals surface area contributed by atoms with Crippen molar-refractivity contribution < 1.29 is 14.6 Å². The Kier molecular flexibility index (Phi) is 7.69. The summed E-state index contributed by atoms with van der Waals surface area (Å²) >= 11 is 6.16. The lowest BCUT2D eigenvalue weighted by atomic mass is 9.78. The van der Waals surface area contributed by atoms with Gasteiger partial charge in [-0.05, 0) is 23.1 Å². The van der Waals surface area contributed by atoms with E-state index in [0.29, 0.717) is 36.9 Å². The quantitative estimate of drug-likeness (QED) is 0.607. The molecular formula is C27H35ClN4O3. The molecule has 0 aliphatic carbocycles. The molecule has 0 radical (unpaired) electrons. The number of amides is 1. The number of phenolic OH excluding ortho intramolecular Hbond substituents is 1. The van der Waals surface area contributed by atoms with Gasteiger partial charge in [0.1, 0.15) is 5.75 Å². The minimum absolute atomic E-state index is 0.0494. The van der Waals surface area contributed by atoms with Crippen molar-refractivity contribution in [2.24, 2.45) is 10.4 Å². The van der Waals surface area contributed by atoms with Crippen LogP contribution in [0.4, 0.5) is 0 Å². The van der Waals surface area contributed by atoms with Crippen LogP contribution in [-0.4, -0.2) is 73.1 Å². The second-order valence-electron chi connectivity index (χ2n) is 10.4. The minimum atomic E-state index is -1.26. The molecule has 8 heteroatoms. The predicted molar refractivity (Wildman–Crippen MR) is 139 cm³/mol. The Morgan fingerprint density at radius 3 is 2.57 bits per heavy atom. The fraction of sp³-hybridized carbons (Fsp3) is 0.481. The van der Waals surface area contributed by atoms with E-state index in [1.807, 2.05) is 30.3 Å². The van der Waals surface area contributed by atoms with Crippen molar-refractivity contribution in [1.82, 2.24) is 15.1 Å². The zero-order valence-electron chi connectivity index (χ0n) is 20.7. The predicted octanol–water partition coefficient (Wildman–Crippen LogP) is 3.82. The maximum Gasteiger partial charge on any atom is 0.255 e. The molecule has 0 aromatic heterocycles. The number of aliphatic imine (C=N–C) groups is 1. The van der Waals surface area contributed by atoms with Crippen LogP contribution < -0.4 is 5.32 Å². The molecule has 188 valence electrons. The van der Waals surface area contributed by atoms with Crippen LogP contribution in [0.25, 0.3) is 0 Å². The number of ether oxygens (including phenoxy) is 1. The summed E-state index contributed by atoms with van der Waals surface area (Å²) in [4.78, 5) is 23.3. The zero-order valence-corrected chi connectivity index (χ0v) is 21.5. The summed E-state index contributed by atoms with van der Waals surface area (Å²) < 4.78 is 5.43. The molecule has 7 nitrogen and oxygen atoms in total. The average molecular weight is 499 g/mol. The number of nitrogens with one attached hydrogen (secondary N) is 1. The maximum absolute atomic E-state index is 14.1. The highest BCUT2D eigenvalue weighted by Crippen LogP contribution is 2.49. The van der Waals surface area contributed by atoms with Crippen LogP contribution in [0, 0.1) is 5.41 Å². The SMILES string of the molecule is CC(C)(C)CN1C=N[C@](C(=O)NCCN2CCOCC2)(c2ccccc2)[C@@H]1c1ccc(Cl)cc1O. The third-order valence-electron chi connectivity index (χ3n) is 6.46. The summed E-state index contributed by atoms with van der Waals surface area (Å²) in [5.74, 6) is -0.141. The molecule has 2 N–H and O–H groups in total. The second-order valence-corrected chi connectivity index (χ2v) is 10.9. The number of hydrogen-bond acceptors (Lipinski definition) is 6. The van der Waals surface area contributed by atoms with Gasteiger partial charge in [0.25, 0.3) is 5.91 Å². The number of nitrogens with zero attached hydrogens (tertiary/aromatic N) is 3. The number of morpholine rings is 1. The minimum Gasteiger partial charge on any atom is -0.508 e. The molecule has 2 aliphatic heterocycles. The first-order chi connectivity index (χ1) is 16.7. The van der Waals surface area contributed by atoms with Gasteiger partial charge in [-0.1, -0.05) is 68.8 Å². The highest BCUT2D eigenvalue weighted by Gasteiger charge is 2.54. The number of benzene rings is 2. The Morgan fingerprint density at radius 2 is 1.91 bits per heavy atom. The van der Waals surface area contributed by atoms with Crippen LogP contribution in [0.3, 0.4) is 0 Å². The van der Waals surface area contributed by atoms with E-state index in [1.54, 1.807) is 18.5 Å². The molecule has 1 saturated heterocycles. The molecule has 1 amide bonds. The molecule has 0 bridgehead atoms. The van der Waals surface area contributed by atoms with Crippen LogP contribution in [0.1, 0.15) is 37.9 Å². The Labute approximate surface area is 212 Å². The van der Waals surface area contributed by atoms with Gasteiger partial charge in [0.2, 0.25) is 0 Å². The van der Waals surface area contributed by atoms with Gasteiger partial charge in [0, 0.05) is 43.3 Å². The second kappa shape index (κ2) is 10.6. The van der Waals surface area contributed by atoms with E-state index < -0.39 is 11.6 Å². The molecule has 4 rings (SSSR count). The highest BCUT2D eigenvalue weighted by molar-refractivity contribution is 6.30. The number of carbonyl (C=O) groups is 1. The summed E-state index contributed by atoms with van der Waals surface area (Å²) in [6.45, 7) is 11.5. The monoisotopic (exact) mass is 498 g/mol. The first-order valence-corrected chi connectivity index (χ1v) is 12.5. The normalized spacial score (nSPS) is 23.0. The van der Waals surface area contributed by atoms with Crippen molar-refractivity contribution in [1.29, 1.82) is 0 Å². The van der Waals surface area contributed by atoms with E-state index >= 15 is 0 Å². The fourth-order valence-corrected chi connectivity index (χ4v) is 5.07. The van der Waals surface area contributed by atoms with Crippen LogP contribution >= 0.6 is 11.6 Å². The number of carbonyl (C=O) groups excluding carboxylic acids is 1. The lowest BCUT2D eigenvalue weighted by molar-refractivity contribution is -0.128. The third-order valence-corrected chi connectivity index (χ3v) is 6.69. The molecule has 2 heterocycles. The van der Waals surface area contributed by atoms with Gasteiger partial charge in [-0.25, -0.2) is 0 Å². The van der Waals surface area contributed by atoms with E-state index in [0.717, 1.165) is 25.2 Å². The van der Waals surface area contributed by atoms with Crippen molar-refractivity contribution >= 4 is 23.8 Å². The molecule has 2 aliphatic rings. The van der Waals surface area contributed by atoms with Crippen LogP contribution in [-0.2, 0) is 15.1 Å². The Bertz CT molecular complexity index is 1050. The molecule has 35 heavy (non-hydrogen) atoms.